The molecule has 0 amide bonds. The lowest BCUT2D eigenvalue weighted by molar-refractivity contribution is 0.480. The summed E-state index contributed by atoms with van der Waals surface area (Å²) in [5.74, 6) is 1.99. The minimum atomic E-state index is 0.425. The van der Waals surface area contributed by atoms with Crippen molar-refractivity contribution in [1.82, 2.24) is 10.6 Å². The number of nitrogens with zero attached hydrogens (tertiary/aromatic N) is 1. The van der Waals surface area contributed by atoms with E-state index in [1.807, 2.05) is 0 Å². The van der Waals surface area contributed by atoms with Gasteiger partial charge in [0.05, 0.1) is 0 Å². The molecule has 19 heavy (non-hydrogen) atoms. The summed E-state index contributed by atoms with van der Waals surface area (Å²) in [6.07, 6.45) is 0. The molecule has 1 aromatic heterocycles. The fourth-order valence-electron chi connectivity index (χ4n) is 1.59. The van der Waals surface area contributed by atoms with Crippen LogP contribution in [0, 0.1) is 5.92 Å². The van der Waals surface area contributed by atoms with Gasteiger partial charge in [-0.25, -0.2) is 0 Å². The molecule has 2 atom stereocenters. The molecule has 2 unspecified atom stereocenters. The lowest BCUT2D eigenvalue weighted by Gasteiger charge is -2.21. The lowest BCUT2D eigenvalue weighted by atomic mass is 10.1. The summed E-state index contributed by atoms with van der Waals surface area (Å²) < 4.78 is 0. The molecule has 1 rings (SSSR count). The van der Waals surface area contributed by atoms with E-state index in [0.29, 0.717) is 17.9 Å². The summed E-state index contributed by atoms with van der Waals surface area (Å²) >= 11 is 1.75. The molecule has 0 spiro atoms. The van der Waals surface area contributed by atoms with Gasteiger partial charge in [0.2, 0.25) is 0 Å². The third-order valence-electron chi connectivity index (χ3n) is 3.34. The molecular weight excluding hydrogens is 254 g/mol. The van der Waals surface area contributed by atoms with Crippen molar-refractivity contribution in [3.8, 4) is 0 Å². The Labute approximate surface area is 121 Å². The van der Waals surface area contributed by atoms with Crippen LogP contribution in [0.15, 0.2) is 21.8 Å². The van der Waals surface area contributed by atoms with Crippen LogP contribution >= 0.6 is 11.3 Å². The molecule has 0 fully saturated rings. The maximum absolute atomic E-state index is 4.69. The van der Waals surface area contributed by atoms with Crippen LogP contribution in [0.25, 0.3) is 0 Å². The summed E-state index contributed by atoms with van der Waals surface area (Å²) in [6.45, 7) is 12.7. The van der Waals surface area contributed by atoms with Crippen molar-refractivity contribution in [2.75, 3.05) is 13.1 Å². The Bertz CT molecular complexity index is 371. The second-order valence-electron chi connectivity index (χ2n) is 5.35. The SMILES string of the molecule is CCNC(=NCC(C)c1ccsc1)NC(C)C(C)C. The first-order chi connectivity index (χ1) is 9.04. The van der Waals surface area contributed by atoms with Crippen molar-refractivity contribution in [3.63, 3.8) is 0 Å². The average Bonchev–Trinajstić information content (AvgIpc) is 2.89. The van der Waals surface area contributed by atoms with E-state index in [1.54, 1.807) is 11.3 Å². The Morgan fingerprint density at radius 1 is 1.32 bits per heavy atom. The largest absolute Gasteiger partial charge is 0.357 e. The Morgan fingerprint density at radius 2 is 2.05 bits per heavy atom. The van der Waals surface area contributed by atoms with Crippen molar-refractivity contribution < 1.29 is 0 Å². The summed E-state index contributed by atoms with van der Waals surface area (Å²) in [5.41, 5.74) is 1.38. The number of nitrogens with one attached hydrogen (secondary N) is 2. The van der Waals surface area contributed by atoms with Gasteiger partial charge in [-0.05, 0) is 42.2 Å². The van der Waals surface area contributed by atoms with Gasteiger partial charge in [0, 0.05) is 25.0 Å². The van der Waals surface area contributed by atoms with Crippen LogP contribution < -0.4 is 10.6 Å². The van der Waals surface area contributed by atoms with Gasteiger partial charge in [-0.15, -0.1) is 0 Å². The van der Waals surface area contributed by atoms with Gasteiger partial charge in [0.1, 0.15) is 0 Å². The van der Waals surface area contributed by atoms with E-state index in [1.165, 1.54) is 5.56 Å². The first-order valence-electron chi connectivity index (χ1n) is 7.11. The lowest BCUT2D eigenvalue weighted by Crippen LogP contribution is -2.44. The maximum atomic E-state index is 4.69. The van der Waals surface area contributed by atoms with Crippen molar-refractivity contribution >= 4 is 17.3 Å². The number of hydrogen-bond acceptors (Lipinski definition) is 2. The third-order valence-corrected chi connectivity index (χ3v) is 4.05. The minimum Gasteiger partial charge on any atom is -0.357 e. The monoisotopic (exact) mass is 281 g/mol. The van der Waals surface area contributed by atoms with Gasteiger partial charge < -0.3 is 10.6 Å². The van der Waals surface area contributed by atoms with Gasteiger partial charge in [-0.3, -0.25) is 4.99 Å². The number of hydrogen-bond donors (Lipinski definition) is 2. The van der Waals surface area contributed by atoms with Crippen molar-refractivity contribution in [1.29, 1.82) is 0 Å². The highest BCUT2D eigenvalue weighted by molar-refractivity contribution is 7.07. The number of guanidine groups is 1. The van der Waals surface area contributed by atoms with Crippen LogP contribution in [0.4, 0.5) is 0 Å². The molecule has 1 aromatic rings. The topological polar surface area (TPSA) is 36.4 Å². The van der Waals surface area contributed by atoms with Gasteiger partial charge in [0.15, 0.2) is 5.96 Å². The number of thiophene rings is 1. The van der Waals surface area contributed by atoms with E-state index in [9.17, 15) is 0 Å². The van der Waals surface area contributed by atoms with Crippen LogP contribution in [0.2, 0.25) is 0 Å². The Hall–Kier alpha value is -1.03. The van der Waals surface area contributed by atoms with Crippen molar-refractivity contribution in [2.24, 2.45) is 10.9 Å². The summed E-state index contributed by atoms with van der Waals surface area (Å²) in [7, 11) is 0. The quantitative estimate of drug-likeness (QED) is 0.619. The van der Waals surface area contributed by atoms with Gasteiger partial charge in [-0.2, -0.15) is 11.3 Å². The zero-order valence-corrected chi connectivity index (χ0v) is 13.6. The fraction of sp³-hybridized carbons (Fsp3) is 0.667. The zero-order valence-electron chi connectivity index (χ0n) is 12.7. The summed E-state index contributed by atoms with van der Waals surface area (Å²) in [4.78, 5) is 4.69. The average molecular weight is 281 g/mol. The number of rotatable bonds is 6. The molecule has 0 saturated heterocycles. The fourth-order valence-corrected chi connectivity index (χ4v) is 2.37. The highest BCUT2D eigenvalue weighted by atomic mass is 32.1. The minimum absolute atomic E-state index is 0.425. The van der Waals surface area contributed by atoms with Crippen LogP contribution in [-0.4, -0.2) is 25.1 Å². The maximum Gasteiger partial charge on any atom is 0.191 e. The predicted molar refractivity (Wildman–Crippen MR) is 86.1 cm³/mol. The molecule has 2 N–H and O–H groups in total. The second kappa shape index (κ2) is 8.20. The molecule has 0 aliphatic carbocycles. The van der Waals surface area contributed by atoms with Crippen LogP contribution in [-0.2, 0) is 0 Å². The van der Waals surface area contributed by atoms with E-state index in [4.69, 9.17) is 4.99 Å². The molecule has 0 bridgehead atoms. The van der Waals surface area contributed by atoms with E-state index >= 15 is 0 Å². The molecule has 3 nitrogen and oxygen atoms in total. The molecule has 0 saturated carbocycles. The third kappa shape index (κ3) is 5.64. The van der Waals surface area contributed by atoms with Crippen LogP contribution in [0.3, 0.4) is 0 Å². The smallest absolute Gasteiger partial charge is 0.191 e. The molecule has 0 aliphatic rings. The van der Waals surface area contributed by atoms with Crippen molar-refractivity contribution in [2.45, 2.75) is 46.6 Å². The highest BCUT2D eigenvalue weighted by Gasteiger charge is 2.10. The second-order valence-corrected chi connectivity index (χ2v) is 6.13. The standard InChI is InChI=1S/C15H27N3S/c1-6-16-15(18-13(5)11(2)3)17-9-12(4)14-7-8-19-10-14/h7-8,10-13H,6,9H2,1-5H3,(H2,16,17,18). The first kappa shape index (κ1) is 16.0. The van der Waals surface area contributed by atoms with Gasteiger partial charge in [0.25, 0.3) is 0 Å². The number of aliphatic imine (C=N–C) groups is 1. The summed E-state index contributed by atoms with van der Waals surface area (Å²) in [6, 6.07) is 2.61. The van der Waals surface area contributed by atoms with E-state index in [2.05, 4.69) is 62.1 Å². The van der Waals surface area contributed by atoms with Gasteiger partial charge >= 0.3 is 0 Å². The molecule has 0 radical (unpaired) electrons. The van der Waals surface area contributed by atoms with Crippen LogP contribution in [0.5, 0.6) is 0 Å². The molecular formula is C15H27N3S. The Balaban J connectivity index is 2.57. The highest BCUT2D eigenvalue weighted by Crippen LogP contribution is 2.18. The Kier molecular flexibility index (Phi) is 6.92. The summed E-state index contributed by atoms with van der Waals surface area (Å²) in [5, 5.41) is 11.1. The van der Waals surface area contributed by atoms with E-state index in [0.717, 1.165) is 19.0 Å². The molecule has 0 aliphatic heterocycles. The van der Waals surface area contributed by atoms with E-state index in [-0.39, 0.29) is 0 Å². The van der Waals surface area contributed by atoms with Crippen LogP contribution in [0.1, 0.15) is 46.1 Å². The van der Waals surface area contributed by atoms with E-state index < -0.39 is 0 Å². The predicted octanol–water partition coefficient (Wildman–Crippen LogP) is 3.45. The molecule has 4 heteroatoms. The zero-order chi connectivity index (χ0) is 14.3. The normalized spacial score (nSPS) is 15.4. The van der Waals surface area contributed by atoms with Crippen molar-refractivity contribution in [3.05, 3.63) is 22.4 Å². The van der Waals surface area contributed by atoms with Gasteiger partial charge in [-0.1, -0.05) is 20.8 Å². The first-order valence-corrected chi connectivity index (χ1v) is 8.05. The molecule has 0 aromatic carbocycles. The molecule has 1 heterocycles. The molecule has 108 valence electrons. The Morgan fingerprint density at radius 3 is 2.58 bits per heavy atom.